The standard InChI is InChI=1S/C22H29N3O4S/c1-17-5-4-6-21(18(17)2)29-16-22(26)23-15-19-7-9-20(10-8-19)30(27,28)25-13-11-24(3)12-14-25/h4-10H,11-16H2,1-3H3,(H,23,26). The van der Waals surface area contributed by atoms with E-state index in [0.29, 0.717) is 25.4 Å². The second kappa shape index (κ2) is 9.59. The Bertz CT molecular complexity index is 982. The first kappa shape index (κ1) is 22.3. The van der Waals surface area contributed by atoms with Gasteiger partial charge < -0.3 is 15.0 Å². The summed E-state index contributed by atoms with van der Waals surface area (Å²) >= 11 is 0. The summed E-state index contributed by atoms with van der Waals surface area (Å²) in [5.41, 5.74) is 2.95. The van der Waals surface area contributed by atoms with Crippen molar-refractivity contribution in [2.75, 3.05) is 39.8 Å². The summed E-state index contributed by atoms with van der Waals surface area (Å²) in [4.78, 5) is 14.5. The molecule has 0 spiro atoms. The number of ether oxygens (including phenoxy) is 1. The van der Waals surface area contributed by atoms with E-state index in [-0.39, 0.29) is 17.4 Å². The molecule has 30 heavy (non-hydrogen) atoms. The lowest BCUT2D eigenvalue weighted by Gasteiger charge is -2.31. The number of amides is 1. The van der Waals surface area contributed by atoms with Crippen LogP contribution >= 0.6 is 0 Å². The fraction of sp³-hybridized carbons (Fsp3) is 0.409. The highest BCUT2D eigenvalue weighted by atomic mass is 32.2. The van der Waals surface area contributed by atoms with Crippen molar-refractivity contribution in [1.82, 2.24) is 14.5 Å². The normalized spacial score (nSPS) is 15.7. The van der Waals surface area contributed by atoms with Gasteiger partial charge in [0.25, 0.3) is 5.91 Å². The van der Waals surface area contributed by atoms with Crippen LogP contribution in [0, 0.1) is 13.8 Å². The van der Waals surface area contributed by atoms with Gasteiger partial charge in [0.15, 0.2) is 6.61 Å². The Morgan fingerprint density at radius 3 is 2.37 bits per heavy atom. The molecule has 1 amide bonds. The van der Waals surface area contributed by atoms with Gasteiger partial charge in [-0.3, -0.25) is 4.79 Å². The summed E-state index contributed by atoms with van der Waals surface area (Å²) in [5.74, 6) is 0.466. The molecule has 2 aromatic rings. The molecule has 0 atom stereocenters. The highest BCUT2D eigenvalue weighted by Crippen LogP contribution is 2.20. The van der Waals surface area contributed by atoms with Crippen LogP contribution in [-0.2, 0) is 21.4 Å². The summed E-state index contributed by atoms with van der Waals surface area (Å²) in [6.45, 7) is 6.65. The van der Waals surface area contributed by atoms with Gasteiger partial charge >= 0.3 is 0 Å². The molecule has 0 unspecified atom stereocenters. The molecule has 0 aromatic heterocycles. The van der Waals surface area contributed by atoms with Crippen molar-refractivity contribution in [2.24, 2.45) is 0 Å². The average Bonchev–Trinajstić information content (AvgIpc) is 2.74. The van der Waals surface area contributed by atoms with Gasteiger partial charge in [0.05, 0.1) is 4.90 Å². The average molecular weight is 432 g/mol. The van der Waals surface area contributed by atoms with Crippen molar-refractivity contribution in [3.05, 3.63) is 59.2 Å². The Balaban J connectivity index is 1.52. The van der Waals surface area contributed by atoms with Crippen molar-refractivity contribution < 1.29 is 17.9 Å². The Hall–Kier alpha value is -2.42. The van der Waals surface area contributed by atoms with E-state index in [1.807, 2.05) is 39.1 Å². The van der Waals surface area contributed by atoms with Crippen molar-refractivity contribution in [2.45, 2.75) is 25.3 Å². The number of carbonyl (C=O) groups is 1. The van der Waals surface area contributed by atoms with Gasteiger partial charge in [-0.05, 0) is 55.8 Å². The van der Waals surface area contributed by atoms with Crippen LogP contribution < -0.4 is 10.1 Å². The Labute approximate surface area is 178 Å². The van der Waals surface area contributed by atoms with Crippen LogP contribution in [0.3, 0.4) is 0 Å². The first-order valence-electron chi connectivity index (χ1n) is 10.0. The van der Waals surface area contributed by atoms with Crippen LogP contribution in [0.2, 0.25) is 0 Å². The lowest BCUT2D eigenvalue weighted by molar-refractivity contribution is -0.123. The highest BCUT2D eigenvalue weighted by Gasteiger charge is 2.27. The number of sulfonamides is 1. The summed E-state index contributed by atoms with van der Waals surface area (Å²) in [6, 6.07) is 12.4. The van der Waals surface area contributed by atoms with E-state index < -0.39 is 10.0 Å². The van der Waals surface area contributed by atoms with Gasteiger partial charge in [0, 0.05) is 32.7 Å². The molecule has 1 N–H and O–H groups in total. The summed E-state index contributed by atoms with van der Waals surface area (Å²) in [6.07, 6.45) is 0. The molecule has 162 valence electrons. The molecule has 0 radical (unpaired) electrons. The number of piperazine rings is 1. The number of aryl methyl sites for hydroxylation is 1. The topological polar surface area (TPSA) is 78.9 Å². The number of hydrogen-bond acceptors (Lipinski definition) is 5. The summed E-state index contributed by atoms with van der Waals surface area (Å²) in [5, 5.41) is 2.80. The maximum atomic E-state index is 12.8. The molecule has 7 nitrogen and oxygen atoms in total. The number of carbonyl (C=O) groups excluding carboxylic acids is 1. The van der Waals surface area contributed by atoms with E-state index >= 15 is 0 Å². The van der Waals surface area contributed by atoms with Crippen molar-refractivity contribution in [3.8, 4) is 5.75 Å². The zero-order valence-electron chi connectivity index (χ0n) is 17.7. The van der Waals surface area contributed by atoms with Crippen LogP contribution in [-0.4, -0.2) is 63.4 Å². The monoisotopic (exact) mass is 431 g/mol. The molecule has 8 heteroatoms. The van der Waals surface area contributed by atoms with Crippen LogP contribution in [0.1, 0.15) is 16.7 Å². The molecule has 1 saturated heterocycles. The SMILES string of the molecule is Cc1cccc(OCC(=O)NCc2ccc(S(=O)(=O)N3CCN(C)CC3)cc2)c1C. The van der Waals surface area contributed by atoms with E-state index in [1.54, 1.807) is 24.3 Å². The minimum atomic E-state index is -3.48. The third-order valence-electron chi connectivity index (χ3n) is 5.43. The maximum absolute atomic E-state index is 12.8. The predicted octanol–water partition coefficient (Wildman–Crippen LogP) is 1.93. The third kappa shape index (κ3) is 5.38. The van der Waals surface area contributed by atoms with Gasteiger partial charge in [-0.25, -0.2) is 8.42 Å². The van der Waals surface area contributed by atoms with Crippen LogP contribution in [0.25, 0.3) is 0 Å². The van der Waals surface area contributed by atoms with Gasteiger partial charge in [0.1, 0.15) is 5.75 Å². The molecule has 0 bridgehead atoms. The molecule has 0 aliphatic carbocycles. The lowest BCUT2D eigenvalue weighted by Crippen LogP contribution is -2.47. The Morgan fingerprint density at radius 2 is 1.70 bits per heavy atom. The zero-order valence-corrected chi connectivity index (χ0v) is 18.5. The summed E-state index contributed by atoms with van der Waals surface area (Å²) < 4.78 is 32.7. The molecule has 1 fully saturated rings. The second-order valence-corrected chi connectivity index (χ2v) is 9.55. The van der Waals surface area contributed by atoms with Crippen LogP contribution in [0.4, 0.5) is 0 Å². The predicted molar refractivity (Wildman–Crippen MR) is 116 cm³/mol. The van der Waals surface area contributed by atoms with E-state index in [9.17, 15) is 13.2 Å². The van der Waals surface area contributed by atoms with Crippen molar-refractivity contribution in [1.29, 1.82) is 0 Å². The minimum Gasteiger partial charge on any atom is -0.483 e. The van der Waals surface area contributed by atoms with E-state index in [2.05, 4.69) is 10.2 Å². The molecular weight excluding hydrogens is 402 g/mol. The number of likely N-dealkylation sites (N-methyl/N-ethyl adjacent to an activating group) is 1. The zero-order chi connectivity index (χ0) is 21.7. The van der Waals surface area contributed by atoms with E-state index in [4.69, 9.17) is 4.74 Å². The van der Waals surface area contributed by atoms with Gasteiger partial charge in [0.2, 0.25) is 10.0 Å². The largest absolute Gasteiger partial charge is 0.483 e. The first-order chi connectivity index (χ1) is 14.3. The Kier molecular flexibility index (Phi) is 7.12. The molecule has 1 aliphatic rings. The molecule has 1 heterocycles. The highest BCUT2D eigenvalue weighted by molar-refractivity contribution is 7.89. The quantitative estimate of drug-likeness (QED) is 0.725. The second-order valence-electron chi connectivity index (χ2n) is 7.61. The fourth-order valence-corrected chi connectivity index (χ4v) is 4.65. The summed E-state index contributed by atoms with van der Waals surface area (Å²) in [7, 11) is -1.49. The fourth-order valence-electron chi connectivity index (χ4n) is 3.23. The Morgan fingerprint density at radius 1 is 1.03 bits per heavy atom. The van der Waals surface area contributed by atoms with Gasteiger partial charge in [-0.15, -0.1) is 0 Å². The number of nitrogens with zero attached hydrogens (tertiary/aromatic N) is 2. The number of rotatable bonds is 7. The number of benzene rings is 2. The minimum absolute atomic E-state index is 0.0693. The van der Waals surface area contributed by atoms with Crippen LogP contribution in [0.5, 0.6) is 5.75 Å². The van der Waals surface area contributed by atoms with Crippen LogP contribution in [0.15, 0.2) is 47.4 Å². The van der Waals surface area contributed by atoms with Crippen molar-refractivity contribution >= 4 is 15.9 Å². The smallest absolute Gasteiger partial charge is 0.258 e. The number of hydrogen-bond donors (Lipinski definition) is 1. The van der Waals surface area contributed by atoms with Gasteiger partial charge in [-0.1, -0.05) is 24.3 Å². The molecular formula is C22H29N3O4S. The first-order valence-corrected chi connectivity index (χ1v) is 11.4. The molecule has 1 aliphatic heterocycles. The maximum Gasteiger partial charge on any atom is 0.258 e. The third-order valence-corrected chi connectivity index (χ3v) is 7.34. The molecule has 3 rings (SSSR count). The van der Waals surface area contributed by atoms with Gasteiger partial charge in [-0.2, -0.15) is 4.31 Å². The number of nitrogens with one attached hydrogen (secondary N) is 1. The van der Waals surface area contributed by atoms with E-state index in [0.717, 1.165) is 29.8 Å². The molecule has 0 saturated carbocycles. The lowest BCUT2D eigenvalue weighted by atomic mass is 10.1. The molecule has 2 aromatic carbocycles. The van der Waals surface area contributed by atoms with E-state index in [1.165, 1.54) is 4.31 Å². The van der Waals surface area contributed by atoms with Crippen molar-refractivity contribution in [3.63, 3.8) is 0 Å².